The third kappa shape index (κ3) is 3.72. The zero-order valence-electron chi connectivity index (χ0n) is 13.5. The van der Waals surface area contributed by atoms with Gasteiger partial charge in [0.2, 0.25) is 5.91 Å². The minimum atomic E-state index is -0.671. The van der Waals surface area contributed by atoms with E-state index in [1.54, 1.807) is 0 Å². The molecule has 7 heteroatoms. The Hall–Kier alpha value is -2.02. The first-order valence-electron chi connectivity index (χ1n) is 7.97. The number of likely N-dealkylation sites (tertiary alicyclic amines) is 1. The summed E-state index contributed by atoms with van der Waals surface area (Å²) in [5, 5.41) is 1.96. The monoisotopic (exact) mass is 351 g/mol. The maximum absolute atomic E-state index is 13.8. The van der Waals surface area contributed by atoms with Crippen molar-refractivity contribution in [2.45, 2.75) is 32.7 Å². The normalized spacial score (nSPS) is 15.5. The second-order valence-electron chi connectivity index (χ2n) is 5.86. The zero-order chi connectivity index (χ0) is 17.1. The number of rotatable bonds is 5. The van der Waals surface area contributed by atoms with Gasteiger partial charge in [-0.15, -0.1) is 11.3 Å². The predicted octanol–water partition coefficient (Wildman–Crippen LogP) is 3.38. The first-order chi connectivity index (χ1) is 11.5. The Morgan fingerprint density at radius 1 is 1.29 bits per heavy atom. The van der Waals surface area contributed by atoms with Gasteiger partial charge in [-0.25, -0.2) is 13.8 Å². The Balaban J connectivity index is 1.75. The molecular formula is C17H19F2N3OS. The van der Waals surface area contributed by atoms with Crippen LogP contribution in [0.5, 0.6) is 0 Å². The SMILES string of the molecule is Cc1csc(=Nc2ccc(F)cc2F)n1CCCN1CCCC1=O. The number of amides is 1. The molecule has 128 valence electrons. The number of carbonyl (C=O) groups is 1. The van der Waals surface area contributed by atoms with Crippen LogP contribution in [0.1, 0.15) is 25.0 Å². The number of benzene rings is 1. The van der Waals surface area contributed by atoms with Crippen LogP contribution in [0.2, 0.25) is 0 Å². The number of aromatic nitrogens is 1. The average Bonchev–Trinajstić information content (AvgIpc) is 3.10. The lowest BCUT2D eigenvalue weighted by Gasteiger charge is -2.15. The van der Waals surface area contributed by atoms with Gasteiger partial charge in [0.1, 0.15) is 11.5 Å². The maximum atomic E-state index is 13.8. The van der Waals surface area contributed by atoms with Crippen LogP contribution in [0.3, 0.4) is 0 Å². The molecule has 0 saturated carbocycles. The van der Waals surface area contributed by atoms with Crippen LogP contribution in [0.15, 0.2) is 28.6 Å². The Morgan fingerprint density at radius 2 is 2.12 bits per heavy atom. The van der Waals surface area contributed by atoms with E-state index in [4.69, 9.17) is 0 Å². The molecule has 0 aliphatic carbocycles. The Morgan fingerprint density at radius 3 is 2.83 bits per heavy atom. The van der Waals surface area contributed by atoms with Crippen LogP contribution < -0.4 is 4.80 Å². The van der Waals surface area contributed by atoms with E-state index in [0.29, 0.717) is 17.8 Å². The average molecular weight is 351 g/mol. The van der Waals surface area contributed by atoms with Gasteiger partial charge in [-0.2, -0.15) is 0 Å². The molecule has 1 aromatic carbocycles. The first-order valence-corrected chi connectivity index (χ1v) is 8.85. The van der Waals surface area contributed by atoms with Crippen molar-refractivity contribution in [3.05, 3.63) is 45.7 Å². The lowest BCUT2D eigenvalue weighted by molar-refractivity contribution is -0.127. The number of nitrogens with zero attached hydrogens (tertiary/aromatic N) is 3. The summed E-state index contributed by atoms with van der Waals surface area (Å²) in [4.78, 5) is 18.5. The minimum Gasteiger partial charge on any atom is -0.343 e. The summed E-state index contributed by atoms with van der Waals surface area (Å²) < 4.78 is 28.8. The Kier molecular flexibility index (Phi) is 5.08. The fourth-order valence-electron chi connectivity index (χ4n) is 2.81. The molecule has 24 heavy (non-hydrogen) atoms. The standard InChI is InChI=1S/C17H19F2N3OS/c1-12-11-24-17(20-15-6-5-13(18)10-14(15)19)22(12)9-3-8-21-7-2-4-16(21)23/h5-6,10-11H,2-4,7-9H2,1H3. The van der Waals surface area contributed by atoms with E-state index >= 15 is 0 Å². The molecule has 1 aliphatic heterocycles. The van der Waals surface area contributed by atoms with Crippen LogP contribution in [0.4, 0.5) is 14.5 Å². The Bertz CT molecular complexity index is 812. The van der Waals surface area contributed by atoms with E-state index in [2.05, 4.69) is 4.99 Å². The quantitative estimate of drug-likeness (QED) is 0.814. The van der Waals surface area contributed by atoms with Crippen LogP contribution in [0.25, 0.3) is 0 Å². The number of carbonyl (C=O) groups excluding carboxylic acids is 1. The molecule has 0 bridgehead atoms. The summed E-state index contributed by atoms with van der Waals surface area (Å²) in [6, 6.07) is 3.38. The summed E-state index contributed by atoms with van der Waals surface area (Å²) in [5.74, 6) is -1.06. The van der Waals surface area contributed by atoms with Gasteiger partial charge in [0.25, 0.3) is 0 Å². The number of aryl methyl sites for hydroxylation is 1. The fourth-order valence-corrected chi connectivity index (χ4v) is 3.73. The summed E-state index contributed by atoms with van der Waals surface area (Å²) in [7, 11) is 0. The second kappa shape index (κ2) is 7.25. The van der Waals surface area contributed by atoms with Gasteiger partial charge in [-0.1, -0.05) is 0 Å². The Labute approximate surface area is 143 Å². The molecule has 1 aromatic heterocycles. The third-order valence-electron chi connectivity index (χ3n) is 4.10. The highest BCUT2D eigenvalue weighted by Crippen LogP contribution is 2.18. The number of hydrogen-bond acceptors (Lipinski definition) is 3. The topological polar surface area (TPSA) is 37.6 Å². The molecular weight excluding hydrogens is 332 g/mol. The third-order valence-corrected chi connectivity index (χ3v) is 5.08. The van der Waals surface area contributed by atoms with Crippen molar-refractivity contribution in [2.75, 3.05) is 13.1 Å². The molecule has 2 aromatic rings. The van der Waals surface area contributed by atoms with Crippen molar-refractivity contribution in [1.82, 2.24) is 9.47 Å². The highest BCUT2D eigenvalue weighted by molar-refractivity contribution is 7.07. The summed E-state index contributed by atoms with van der Waals surface area (Å²) in [6.45, 7) is 4.24. The lowest BCUT2D eigenvalue weighted by Crippen LogP contribution is -2.27. The number of hydrogen-bond donors (Lipinski definition) is 0. The fraction of sp³-hybridized carbons (Fsp3) is 0.412. The van der Waals surface area contributed by atoms with Crippen LogP contribution in [-0.2, 0) is 11.3 Å². The van der Waals surface area contributed by atoms with E-state index in [9.17, 15) is 13.6 Å². The molecule has 1 saturated heterocycles. The summed E-state index contributed by atoms with van der Waals surface area (Å²) in [6.07, 6.45) is 2.41. The van der Waals surface area contributed by atoms with Crippen molar-refractivity contribution >= 4 is 22.9 Å². The van der Waals surface area contributed by atoms with E-state index in [1.807, 2.05) is 21.8 Å². The highest BCUT2D eigenvalue weighted by Gasteiger charge is 2.19. The first kappa shape index (κ1) is 16.8. The maximum Gasteiger partial charge on any atom is 0.222 e. The van der Waals surface area contributed by atoms with Crippen LogP contribution in [0, 0.1) is 18.6 Å². The van der Waals surface area contributed by atoms with Gasteiger partial charge in [0.15, 0.2) is 10.6 Å². The van der Waals surface area contributed by atoms with Gasteiger partial charge in [0.05, 0.1) is 0 Å². The van der Waals surface area contributed by atoms with Gasteiger partial charge in [-0.3, -0.25) is 4.79 Å². The van der Waals surface area contributed by atoms with E-state index in [0.717, 1.165) is 37.7 Å². The van der Waals surface area contributed by atoms with Gasteiger partial charge >= 0.3 is 0 Å². The van der Waals surface area contributed by atoms with E-state index in [-0.39, 0.29) is 11.6 Å². The minimum absolute atomic E-state index is 0.127. The zero-order valence-corrected chi connectivity index (χ0v) is 14.3. The second-order valence-corrected chi connectivity index (χ2v) is 6.69. The number of thiazole rings is 1. The molecule has 0 radical (unpaired) electrons. The molecule has 4 nitrogen and oxygen atoms in total. The smallest absolute Gasteiger partial charge is 0.222 e. The molecule has 0 spiro atoms. The van der Waals surface area contributed by atoms with E-state index < -0.39 is 11.6 Å². The number of halogens is 2. The molecule has 0 atom stereocenters. The van der Waals surface area contributed by atoms with Crippen molar-refractivity contribution < 1.29 is 13.6 Å². The van der Waals surface area contributed by atoms with Crippen molar-refractivity contribution in [3.8, 4) is 0 Å². The van der Waals surface area contributed by atoms with Crippen LogP contribution >= 0.6 is 11.3 Å². The largest absolute Gasteiger partial charge is 0.343 e. The molecule has 1 amide bonds. The molecule has 1 aliphatic rings. The van der Waals surface area contributed by atoms with E-state index in [1.165, 1.54) is 23.5 Å². The van der Waals surface area contributed by atoms with Crippen molar-refractivity contribution in [2.24, 2.45) is 4.99 Å². The van der Waals surface area contributed by atoms with Gasteiger partial charge in [-0.05, 0) is 31.9 Å². The molecule has 3 rings (SSSR count). The molecule has 0 N–H and O–H groups in total. The predicted molar refractivity (Wildman–Crippen MR) is 89.1 cm³/mol. The summed E-state index contributed by atoms with van der Waals surface area (Å²) in [5.41, 5.74) is 1.16. The molecule has 2 heterocycles. The highest BCUT2D eigenvalue weighted by atomic mass is 32.1. The van der Waals surface area contributed by atoms with Gasteiger partial charge in [0, 0.05) is 43.2 Å². The van der Waals surface area contributed by atoms with Crippen LogP contribution in [-0.4, -0.2) is 28.5 Å². The van der Waals surface area contributed by atoms with Crippen molar-refractivity contribution in [1.29, 1.82) is 0 Å². The molecule has 1 fully saturated rings. The lowest BCUT2D eigenvalue weighted by atomic mass is 10.3. The molecule has 0 unspecified atom stereocenters. The van der Waals surface area contributed by atoms with Crippen molar-refractivity contribution in [3.63, 3.8) is 0 Å². The summed E-state index contributed by atoms with van der Waals surface area (Å²) >= 11 is 1.42. The van der Waals surface area contributed by atoms with Gasteiger partial charge < -0.3 is 9.47 Å².